The van der Waals surface area contributed by atoms with E-state index in [1.54, 1.807) is 0 Å². The lowest BCUT2D eigenvalue weighted by Gasteiger charge is -2.36. The summed E-state index contributed by atoms with van der Waals surface area (Å²) in [5.41, 5.74) is 2.49. The van der Waals surface area contributed by atoms with E-state index in [9.17, 15) is 0 Å². The molecule has 0 atom stereocenters. The fourth-order valence-corrected chi connectivity index (χ4v) is 4.52. The molecule has 0 N–H and O–H groups in total. The van der Waals surface area contributed by atoms with Crippen LogP contribution >= 0.6 is 0 Å². The largest absolute Gasteiger partial charge is 0.491 e. The highest BCUT2D eigenvalue weighted by atomic mass is 16.6. The molecule has 0 aromatic heterocycles. The van der Waals surface area contributed by atoms with Gasteiger partial charge in [0.15, 0.2) is 0 Å². The first-order chi connectivity index (χ1) is 20.4. The number of benzene rings is 4. The molecule has 6 nitrogen and oxygen atoms in total. The Morgan fingerprint density at radius 1 is 0.341 bits per heavy atom. The van der Waals surface area contributed by atoms with E-state index in [2.05, 4.69) is 36.4 Å². The number of hydrogen-bond acceptors (Lipinski definition) is 6. The van der Waals surface area contributed by atoms with Crippen LogP contribution < -0.4 is 4.74 Å². The van der Waals surface area contributed by atoms with Crippen LogP contribution in [0, 0.1) is 0 Å². The van der Waals surface area contributed by atoms with Gasteiger partial charge in [0.05, 0.1) is 59.5 Å². The van der Waals surface area contributed by atoms with Gasteiger partial charge in [-0.05, 0) is 28.8 Å². The van der Waals surface area contributed by atoms with E-state index in [1.807, 2.05) is 84.9 Å². The van der Waals surface area contributed by atoms with Gasteiger partial charge in [0.25, 0.3) is 0 Å². The minimum atomic E-state index is -0.736. The molecule has 0 aliphatic carbocycles. The number of para-hydroxylation sites is 1. The first kappa shape index (κ1) is 30.4. The maximum atomic E-state index is 6.71. The lowest BCUT2D eigenvalue weighted by atomic mass is 9.80. The van der Waals surface area contributed by atoms with Gasteiger partial charge in [-0.2, -0.15) is 0 Å². The van der Waals surface area contributed by atoms with Crippen molar-refractivity contribution in [3.8, 4) is 5.75 Å². The van der Waals surface area contributed by atoms with E-state index in [0.717, 1.165) is 22.4 Å². The van der Waals surface area contributed by atoms with Crippen molar-refractivity contribution in [1.29, 1.82) is 0 Å². The normalized spacial score (nSPS) is 11.4. The standard InChI is InChI=1S/C35H40O6/c1-5-13-31(14-6-1)35(32-15-7-2-8-16-32,33-17-9-3-10-18-33)41-30-28-39-26-24-37-22-21-36-23-25-38-27-29-40-34-19-11-4-12-20-34/h1-20H,21-30H2. The second kappa shape index (κ2) is 18.0. The van der Waals surface area contributed by atoms with Gasteiger partial charge in [0.1, 0.15) is 18.0 Å². The molecule has 0 aliphatic heterocycles. The Morgan fingerprint density at radius 2 is 0.659 bits per heavy atom. The van der Waals surface area contributed by atoms with Gasteiger partial charge in [-0.15, -0.1) is 0 Å². The lowest BCUT2D eigenvalue weighted by molar-refractivity contribution is -0.0386. The second-order valence-electron chi connectivity index (χ2n) is 9.24. The smallest absolute Gasteiger partial charge is 0.143 e. The summed E-state index contributed by atoms with van der Waals surface area (Å²) in [5.74, 6) is 0.848. The van der Waals surface area contributed by atoms with Crippen LogP contribution in [0.15, 0.2) is 121 Å². The van der Waals surface area contributed by atoms with Gasteiger partial charge in [-0.3, -0.25) is 0 Å². The van der Waals surface area contributed by atoms with Gasteiger partial charge in [-0.25, -0.2) is 0 Å². The average molecular weight is 557 g/mol. The SMILES string of the molecule is c1ccc(OCCOCCOCCOCCOCCOC(c2ccccc2)(c2ccccc2)c2ccccc2)cc1. The molecule has 0 aliphatic rings. The molecule has 4 aromatic rings. The topological polar surface area (TPSA) is 55.4 Å². The van der Waals surface area contributed by atoms with E-state index in [4.69, 9.17) is 28.4 Å². The average Bonchev–Trinajstić information content (AvgIpc) is 3.04. The molecule has 0 spiro atoms. The highest BCUT2D eigenvalue weighted by Gasteiger charge is 2.37. The summed E-state index contributed by atoms with van der Waals surface area (Å²) in [6, 6.07) is 40.8. The molecular formula is C35H40O6. The van der Waals surface area contributed by atoms with Crippen molar-refractivity contribution in [1.82, 2.24) is 0 Å². The van der Waals surface area contributed by atoms with Crippen molar-refractivity contribution in [2.24, 2.45) is 0 Å². The molecule has 0 radical (unpaired) electrons. The number of ether oxygens (including phenoxy) is 6. The molecule has 6 heteroatoms. The fraction of sp³-hybridized carbons (Fsp3) is 0.314. The molecule has 0 amide bonds. The van der Waals surface area contributed by atoms with Crippen LogP contribution in [0.1, 0.15) is 16.7 Å². The van der Waals surface area contributed by atoms with Crippen molar-refractivity contribution in [3.05, 3.63) is 138 Å². The summed E-state index contributed by atoms with van der Waals surface area (Å²) in [7, 11) is 0. The fourth-order valence-electron chi connectivity index (χ4n) is 4.52. The van der Waals surface area contributed by atoms with E-state index in [1.165, 1.54) is 0 Å². The summed E-state index contributed by atoms with van der Waals surface area (Å²) in [6.07, 6.45) is 0. The van der Waals surface area contributed by atoms with Gasteiger partial charge < -0.3 is 28.4 Å². The van der Waals surface area contributed by atoms with Crippen molar-refractivity contribution >= 4 is 0 Å². The predicted octanol–water partition coefficient (Wildman–Crippen LogP) is 6.14. The molecule has 216 valence electrons. The first-order valence-corrected chi connectivity index (χ1v) is 14.2. The van der Waals surface area contributed by atoms with Crippen LogP contribution in [-0.2, 0) is 29.3 Å². The molecule has 0 saturated carbocycles. The molecule has 0 heterocycles. The summed E-state index contributed by atoms with van der Waals surface area (Å²) in [5, 5.41) is 0. The summed E-state index contributed by atoms with van der Waals surface area (Å²) in [6.45, 7) is 4.99. The minimum Gasteiger partial charge on any atom is -0.491 e. The molecule has 41 heavy (non-hydrogen) atoms. The van der Waals surface area contributed by atoms with Gasteiger partial charge in [0, 0.05) is 0 Å². The minimum absolute atomic E-state index is 0.429. The first-order valence-electron chi connectivity index (χ1n) is 14.2. The molecule has 4 rings (SSSR count). The van der Waals surface area contributed by atoms with Crippen LogP contribution in [0.2, 0.25) is 0 Å². The van der Waals surface area contributed by atoms with Crippen LogP contribution in [0.25, 0.3) is 0 Å². The maximum Gasteiger partial charge on any atom is 0.143 e. The van der Waals surface area contributed by atoms with Crippen molar-refractivity contribution in [2.75, 3.05) is 66.1 Å². The van der Waals surface area contributed by atoms with Crippen molar-refractivity contribution < 1.29 is 28.4 Å². The molecule has 0 saturated heterocycles. The van der Waals surface area contributed by atoms with E-state index < -0.39 is 5.60 Å². The molecule has 0 bridgehead atoms. The molecule has 0 unspecified atom stereocenters. The zero-order chi connectivity index (χ0) is 28.3. The third-order valence-electron chi connectivity index (χ3n) is 6.44. The van der Waals surface area contributed by atoms with E-state index >= 15 is 0 Å². The summed E-state index contributed by atoms with van der Waals surface area (Å²) >= 11 is 0. The van der Waals surface area contributed by atoms with Crippen molar-refractivity contribution in [3.63, 3.8) is 0 Å². The van der Waals surface area contributed by atoms with Gasteiger partial charge in [-0.1, -0.05) is 109 Å². The third-order valence-corrected chi connectivity index (χ3v) is 6.44. The Labute approximate surface area is 243 Å². The maximum absolute atomic E-state index is 6.71. The number of hydrogen-bond donors (Lipinski definition) is 0. The predicted molar refractivity (Wildman–Crippen MR) is 160 cm³/mol. The molecular weight excluding hydrogens is 516 g/mol. The van der Waals surface area contributed by atoms with Crippen LogP contribution in [0.5, 0.6) is 5.75 Å². The highest BCUT2D eigenvalue weighted by molar-refractivity contribution is 5.47. The molecule has 4 aromatic carbocycles. The zero-order valence-electron chi connectivity index (χ0n) is 23.6. The third kappa shape index (κ3) is 9.81. The van der Waals surface area contributed by atoms with E-state index in [0.29, 0.717) is 66.1 Å². The highest BCUT2D eigenvalue weighted by Crippen LogP contribution is 2.40. The lowest BCUT2D eigenvalue weighted by Crippen LogP contribution is -2.34. The van der Waals surface area contributed by atoms with Crippen molar-refractivity contribution in [2.45, 2.75) is 5.60 Å². The van der Waals surface area contributed by atoms with E-state index in [-0.39, 0.29) is 0 Å². The van der Waals surface area contributed by atoms with Crippen LogP contribution in [0.3, 0.4) is 0 Å². The summed E-state index contributed by atoms with van der Waals surface area (Å²) < 4.78 is 34.8. The second-order valence-corrected chi connectivity index (χ2v) is 9.24. The quantitative estimate of drug-likeness (QED) is 0.0963. The Kier molecular flexibility index (Phi) is 13.4. The molecule has 0 fully saturated rings. The van der Waals surface area contributed by atoms with Gasteiger partial charge >= 0.3 is 0 Å². The van der Waals surface area contributed by atoms with Crippen LogP contribution in [0.4, 0.5) is 0 Å². The zero-order valence-corrected chi connectivity index (χ0v) is 23.6. The Hall–Kier alpha value is -3.52. The van der Waals surface area contributed by atoms with Crippen LogP contribution in [-0.4, -0.2) is 66.1 Å². The Morgan fingerprint density at radius 3 is 1.05 bits per heavy atom. The monoisotopic (exact) mass is 556 g/mol. The van der Waals surface area contributed by atoms with Gasteiger partial charge in [0.2, 0.25) is 0 Å². The number of rotatable bonds is 20. The Balaban J connectivity index is 1.10. The summed E-state index contributed by atoms with van der Waals surface area (Å²) in [4.78, 5) is 0. The Bertz CT molecular complexity index is 1090.